The molecule has 1 aliphatic carbocycles. The Labute approximate surface area is 321 Å². The Morgan fingerprint density at radius 3 is 2.00 bits per heavy atom. The monoisotopic (exact) mass is 777 g/mol. The summed E-state index contributed by atoms with van der Waals surface area (Å²) in [5.74, 6) is -3.55. The molecule has 1 N–H and O–H groups in total. The SMILES string of the molecule is Cc1ccc(Oc2ccc(C(F)(F)C(C(=O)N3CCC(NC(=O)OC(C)(C)C)CC3)N(C)S(=O)(=O)c3ccc4cc(OC5CCCC5)ccc4c3)cc2)cc1. The van der Waals surface area contributed by atoms with Gasteiger partial charge in [-0.25, -0.2) is 13.2 Å². The number of alkyl carbamates (subject to hydrolysis) is 1. The molecule has 0 bridgehead atoms. The van der Waals surface area contributed by atoms with Crippen molar-refractivity contribution in [3.05, 3.63) is 96.1 Å². The second-order valence-electron chi connectivity index (χ2n) is 15.4. The van der Waals surface area contributed by atoms with Gasteiger partial charge in [0.25, 0.3) is 5.92 Å². The average molecular weight is 778 g/mol. The molecule has 6 rings (SSSR count). The third-order valence-electron chi connectivity index (χ3n) is 10.0. The number of ether oxygens (including phenoxy) is 3. The van der Waals surface area contributed by atoms with Gasteiger partial charge in [-0.05, 0) is 138 Å². The molecule has 0 spiro atoms. The topological polar surface area (TPSA) is 114 Å². The van der Waals surface area contributed by atoms with E-state index in [4.69, 9.17) is 14.2 Å². The number of rotatable bonds is 11. The Bertz CT molecular complexity index is 2090. The second-order valence-corrected chi connectivity index (χ2v) is 17.4. The van der Waals surface area contributed by atoms with Crippen LogP contribution < -0.4 is 14.8 Å². The third-order valence-corrected chi connectivity index (χ3v) is 11.8. The molecule has 13 heteroatoms. The molecular weight excluding hydrogens is 729 g/mol. The lowest BCUT2D eigenvalue weighted by Crippen LogP contribution is -2.58. The van der Waals surface area contributed by atoms with Gasteiger partial charge in [0.05, 0.1) is 11.0 Å². The van der Waals surface area contributed by atoms with Crippen molar-refractivity contribution in [2.75, 3.05) is 20.1 Å². The van der Waals surface area contributed by atoms with Gasteiger partial charge in [0, 0.05) is 31.7 Å². The third kappa shape index (κ3) is 9.56. The summed E-state index contributed by atoms with van der Waals surface area (Å²) in [7, 11) is -3.64. The number of benzene rings is 4. The summed E-state index contributed by atoms with van der Waals surface area (Å²) in [4.78, 5) is 27.7. The minimum absolute atomic E-state index is 0.0182. The number of piperidine rings is 1. The Kier molecular flexibility index (Phi) is 11.7. The molecule has 1 unspecified atom stereocenters. The van der Waals surface area contributed by atoms with Gasteiger partial charge in [0.1, 0.15) is 22.8 Å². The number of amides is 2. The van der Waals surface area contributed by atoms with Gasteiger partial charge in [0.2, 0.25) is 15.9 Å². The Balaban J connectivity index is 1.26. The molecule has 4 aromatic carbocycles. The fraction of sp³-hybridized carbons (Fsp3) is 0.429. The summed E-state index contributed by atoms with van der Waals surface area (Å²) in [6, 6.07) is 19.2. The summed E-state index contributed by atoms with van der Waals surface area (Å²) in [5.41, 5.74) is -0.237. The number of sulfonamides is 1. The van der Waals surface area contributed by atoms with Gasteiger partial charge in [-0.3, -0.25) is 4.79 Å². The van der Waals surface area contributed by atoms with Crippen molar-refractivity contribution < 1.29 is 41.0 Å². The molecule has 4 aromatic rings. The van der Waals surface area contributed by atoms with Gasteiger partial charge in [0.15, 0.2) is 6.04 Å². The van der Waals surface area contributed by atoms with Gasteiger partial charge in [-0.1, -0.05) is 29.8 Å². The number of halogens is 2. The first-order valence-corrected chi connectivity index (χ1v) is 20.1. The first kappa shape index (κ1) is 39.9. The van der Waals surface area contributed by atoms with E-state index in [-0.39, 0.29) is 43.0 Å². The summed E-state index contributed by atoms with van der Waals surface area (Å²) < 4.78 is 80.1. The molecule has 1 aliphatic heterocycles. The zero-order chi connectivity index (χ0) is 39.5. The molecular formula is C42H49F2N3O7S. The van der Waals surface area contributed by atoms with E-state index in [0.717, 1.165) is 55.8 Å². The molecule has 10 nitrogen and oxygen atoms in total. The van der Waals surface area contributed by atoms with Gasteiger partial charge >= 0.3 is 6.09 Å². The quantitative estimate of drug-likeness (QED) is 0.162. The van der Waals surface area contributed by atoms with Crippen LogP contribution in [0, 0.1) is 6.92 Å². The van der Waals surface area contributed by atoms with Crippen LogP contribution in [0.2, 0.25) is 0 Å². The smallest absolute Gasteiger partial charge is 0.407 e. The maximum absolute atomic E-state index is 16.9. The highest BCUT2D eigenvalue weighted by Crippen LogP contribution is 2.39. The van der Waals surface area contributed by atoms with Crippen LogP contribution in [-0.2, 0) is 25.5 Å². The van der Waals surface area contributed by atoms with Crippen molar-refractivity contribution in [1.29, 1.82) is 0 Å². The van der Waals surface area contributed by atoms with E-state index in [0.29, 0.717) is 26.9 Å². The first-order chi connectivity index (χ1) is 26.0. The van der Waals surface area contributed by atoms with Gasteiger partial charge < -0.3 is 24.4 Å². The van der Waals surface area contributed by atoms with Gasteiger partial charge in [-0.2, -0.15) is 13.1 Å². The summed E-state index contributed by atoms with van der Waals surface area (Å²) >= 11 is 0. The summed E-state index contributed by atoms with van der Waals surface area (Å²) in [5, 5.41) is 4.08. The van der Waals surface area contributed by atoms with E-state index in [1.165, 1.54) is 29.2 Å². The van der Waals surface area contributed by atoms with Crippen molar-refractivity contribution in [2.24, 2.45) is 0 Å². The first-order valence-electron chi connectivity index (χ1n) is 18.7. The molecule has 2 aliphatic rings. The highest BCUT2D eigenvalue weighted by atomic mass is 32.2. The van der Waals surface area contributed by atoms with Crippen molar-refractivity contribution in [2.45, 2.75) is 101 Å². The Hall–Kier alpha value is -4.75. The predicted molar refractivity (Wildman–Crippen MR) is 206 cm³/mol. The lowest BCUT2D eigenvalue weighted by atomic mass is 9.98. The van der Waals surface area contributed by atoms with E-state index in [1.807, 2.05) is 25.1 Å². The number of likely N-dealkylation sites (N-methyl/N-ethyl adjacent to an activating group) is 1. The van der Waals surface area contributed by atoms with Crippen LogP contribution in [0.4, 0.5) is 13.6 Å². The lowest BCUT2D eigenvalue weighted by molar-refractivity contribution is -0.151. The molecule has 2 amide bonds. The summed E-state index contributed by atoms with van der Waals surface area (Å²) in [6.07, 6.45) is 4.27. The Morgan fingerprint density at radius 1 is 0.818 bits per heavy atom. The van der Waals surface area contributed by atoms with Gasteiger partial charge in [-0.15, -0.1) is 0 Å². The van der Waals surface area contributed by atoms with Crippen LogP contribution in [0.3, 0.4) is 0 Å². The van der Waals surface area contributed by atoms with E-state index in [1.54, 1.807) is 51.1 Å². The van der Waals surface area contributed by atoms with E-state index in [2.05, 4.69) is 5.32 Å². The van der Waals surface area contributed by atoms with Crippen LogP contribution in [0.5, 0.6) is 17.2 Å². The van der Waals surface area contributed by atoms with Crippen molar-refractivity contribution in [3.8, 4) is 17.2 Å². The second kappa shape index (κ2) is 16.2. The molecule has 1 atom stereocenters. The average Bonchev–Trinajstić information content (AvgIpc) is 3.65. The maximum Gasteiger partial charge on any atom is 0.407 e. The minimum Gasteiger partial charge on any atom is -0.490 e. The van der Waals surface area contributed by atoms with Crippen LogP contribution in [-0.4, -0.2) is 73.5 Å². The molecule has 2 fully saturated rings. The largest absolute Gasteiger partial charge is 0.490 e. The van der Waals surface area contributed by atoms with E-state index >= 15 is 8.78 Å². The number of carbonyl (C=O) groups is 2. The van der Waals surface area contributed by atoms with Crippen molar-refractivity contribution in [3.63, 3.8) is 0 Å². The highest BCUT2D eigenvalue weighted by Gasteiger charge is 2.53. The predicted octanol–water partition coefficient (Wildman–Crippen LogP) is 8.56. The number of nitrogens with one attached hydrogen (secondary N) is 1. The van der Waals surface area contributed by atoms with Crippen LogP contribution >= 0.6 is 0 Å². The molecule has 1 heterocycles. The van der Waals surface area contributed by atoms with Crippen molar-refractivity contribution in [1.82, 2.24) is 14.5 Å². The van der Waals surface area contributed by atoms with Crippen molar-refractivity contribution >= 4 is 32.8 Å². The van der Waals surface area contributed by atoms with E-state index in [9.17, 15) is 18.0 Å². The van der Waals surface area contributed by atoms with Crippen LogP contribution in [0.25, 0.3) is 10.8 Å². The zero-order valence-corrected chi connectivity index (χ0v) is 32.7. The molecule has 1 saturated carbocycles. The molecule has 55 heavy (non-hydrogen) atoms. The van der Waals surface area contributed by atoms with E-state index < -0.39 is 45.2 Å². The molecule has 0 radical (unpaired) electrons. The number of likely N-dealkylation sites (tertiary alicyclic amines) is 1. The number of carbonyl (C=O) groups excluding carboxylic acids is 2. The fourth-order valence-electron chi connectivity index (χ4n) is 7.02. The minimum atomic E-state index is -4.65. The Morgan fingerprint density at radius 2 is 1.38 bits per heavy atom. The molecule has 294 valence electrons. The van der Waals surface area contributed by atoms with Crippen LogP contribution in [0.1, 0.15) is 70.4 Å². The zero-order valence-electron chi connectivity index (χ0n) is 31.9. The fourth-order valence-corrected chi connectivity index (χ4v) is 8.36. The lowest BCUT2D eigenvalue weighted by Gasteiger charge is -2.39. The number of aryl methyl sites for hydroxylation is 1. The van der Waals surface area contributed by atoms with Crippen LogP contribution in [0.15, 0.2) is 89.8 Å². The highest BCUT2D eigenvalue weighted by molar-refractivity contribution is 7.89. The number of nitrogens with zero attached hydrogens (tertiary/aromatic N) is 2. The summed E-state index contributed by atoms with van der Waals surface area (Å²) in [6.45, 7) is 7.19. The molecule has 1 saturated heterocycles. The molecule has 0 aromatic heterocycles. The number of hydrogen-bond donors (Lipinski definition) is 1. The number of alkyl halides is 2. The maximum atomic E-state index is 16.9. The standard InChI is InChI=1S/C42H49F2N3O7S/c1-28-10-16-34(17-11-28)52-35-19-14-31(15-20-35)42(43,44)38(39(48)47-24-22-32(23-25-47)45-40(49)54-41(2,3)4)46(5)55(50,51)37-21-13-29-26-36(18-12-30(29)27-37)53-33-8-6-7-9-33/h10-21,26-27,32-33,38H,6-9,22-25H2,1-5H3,(H,45,49). The number of hydrogen-bond acceptors (Lipinski definition) is 7. The normalized spacial score (nSPS) is 16.6. The number of fused-ring (bicyclic) bond motifs is 1.